The number of fused-ring (bicyclic) bond motifs is 1. The highest BCUT2D eigenvalue weighted by atomic mass is 15.3. The number of nitrogens with one attached hydrogen (secondary N) is 1. The van der Waals surface area contributed by atoms with Crippen molar-refractivity contribution in [3.8, 4) is 0 Å². The van der Waals surface area contributed by atoms with Crippen LogP contribution in [0.3, 0.4) is 0 Å². The summed E-state index contributed by atoms with van der Waals surface area (Å²) < 4.78 is 0. The second kappa shape index (κ2) is 5.63. The third-order valence-corrected chi connectivity index (χ3v) is 3.52. The Labute approximate surface area is 129 Å². The first-order valence-corrected chi connectivity index (χ1v) is 7.20. The molecule has 0 aliphatic carbocycles. The highest BCUT2D eigenvalue weighted by molar-refractivity contribution is 5.74. The lowest BCUT2D eigenvalue weighted by atomic mass is 10.3. The molecule has 0 aliphatic rings. The van der Waals surface area contributed by atoms with Gasteiger partial charge < -0.3 is 14.8 Å². The number of aryl methyl sites for hydroxylation is 1. The molecule has 0 spiro atoms. The summed E-state index contributed by atoms with van der Waals surface area (Å²) in [5.74, 6) is 2.52. The maximum atomic E-state index is 4.62. The fourth-order valence-corrected chi connectivity index (χ4v) is 2.44. The second-order valence-electron chi connectivity index (χ2n) is 5.63. The van der Waals surface area contributed by atoms with Crippen molar-refractivity contribution in [2.75, 3.05) is 30.9 Å². The van der Waals surface area contributed by atoms with E-state index in [-0.39, 0.29) is 0 Å². The van der Waals surface area contributed by atoms with Crippen molar-refractivity contribution < 1.29 is 0 Å². The van der Waals surface area contributed by atoms with Gasteiger partial charge in [-0.1, -0.05) is 12.1 Å². The van der Waals surface area contributed by atoms with E-state index in [4.69, 9.17) is 0 Å². The summed E-state index contributed by atoms with van der Waals surface area (Å²) in [6.45, 7) is 2.64. The first-order chi connectivity index (χ1) is 10.5. The minimum atomic E-state index is 0.630. The molecule has 2 aromatic heterocycles. The molecule has 0 fully saturated rings. The summed E-state index contributed by atoms with van der Waals surface area (Å²) in [4.78, 5) is 20.9. The zero-order valence-corrected chi connectivity index (χ0v) is 13.3. The van der Waals surface area contributed by atoms with E-state index in [0.717, 1.165) is 28.2 Å². The Morgan fingerprint density at radius 3 is 2.59 bits per heavy atom. The van der Waals surface area contributed by atoms with Crippen LogP contribution in [0, 0.1) is 6.92 Å². The third kappa shape index (κ3) is 2.72. The van der Waals surface area contributed by atoms with Gasteiger partial charge in [-0.15, -0.1) is 0 Å². The van der Waals surface area contributed by atoms with Crippen LogP contribution in [-0.2, 0) is 6.54 Å². The number of hydrogen-bond acceptors (Lipinski definition) is 5. The van der Waals surface area contributed by atoms with Gasteiger partial charge in [0.25, 0.3) is 0 Å². The molecule has 1 aromatic carbocycles. The minimum absolute atomic E-state index is 0.630. The van der Waals surface area contributed by atoms with Gasteiger partial charge >= 0.3 is 0 Å². The third-order valence-electron chi connectivity index (χ3n) is 3.52. The minimum Gasteiger partial charge on any atom is -0.362 e. The van der Waals surface area contributed by atoms with Gasteiger partial charge in [-0.25, -0.2) is 9.97 Å². The molecule has 0 amide bonds. The number of benzene rings is 1. The van der Waals surface area contributed by atoms with Gasteiger partial charge in [0, 0.05) is 32.9 Å². The van der Waals surface area contributed by atoms with E-state index in [1.165, 1.54) is 0 Å². The van der Waals surface area contributed by atoms with E-state index in [9.17, 15) is 0 Å². The van der Waals surface area contributed by atoms with Gasteiger partial charge in [0.1, 0.15) is 11.6 Å². The van der Waals surface area contributed by atoms with Gasteiger partial charge in [-0.3, -0.25) is 0 Å². The first kappa shape index (κ1) is 14.3. The number of hydrogen-bond donors (Lipinski definition) is 1. The Hall–Kier alpha value is -2.63. The molecule has 1 N–H and O–H groups in total. The number of anilines is 2. The highest BCUT2D eigenvalue weighted by Gasteiger charge is 2.11. The largest absolute Gasteiger partial charge is 0.362 e. The van der Waals surface area contributed by atoms with Crippen LogP contribution in [0.5, 0.6) is 0 Å². The monoisotopic (exact) mass is 296 g/mol. The standard InChI is InChI=1S/C16H20N6/c1-11-9-17-16(20-15(11)21(2)3)22(4)10-14-18-12-7-5-6-8-13(12)19-14/h5-9H,10H2,1-4H3,(H,18,19). The Bertz CT molecular complexity index is 759. The molecular formula is C16H20N6. The van der Waals surface area contributed by atoms with Crippen LogP contribution in [0.1, 0.15) is 11.4 Å². The predicted octanol–water partition coefficient (Wildman–Crippen LogP) is 2.36. The molecule has 3 rings (SSSR count). The average Bonchev–Trinajstić information content (AvgIpc) is 2.89. The molecule has 0 saturated carbocycles. The Morgan fingerprint density at radius 2 is 1.86 bits per heavy atom. The zero-order valence-electron chi connectivity index (χ0n) is 13.3. The van der Waals surface area contributed by atoms with Crippen LogP contribution in [0.15, 0.2) is 30.5 Å². The Kier molecular flexibility index (Phi) is 3.66. The van der Waals surface area contributed by atoms with Crippen LogP contribution in [0.25, 0.3) is 11.0 Å². The molecule has 22 heavy (non-hydrogen) atoms. The van der Waals surface area contributed by atoms with E-state index in [2.05, 4.69) is 19.9 Å². The summed E-state index contributed by atoms with van der Waals surface area (Å²) in [5, 5.41) is 0. The van der Waals surface area contributed by atoms with Crippen LogP contribution in [-0.4, -0.2) is 41.1 Å². The van der Waals surface area contributed by atoms with Crippen molar-refractivity contribution in [3.05, 3.63) is 41.9 Å². The molecule has 2 heterocycles. The van der Waals surface area contributed by atoms with Gasteiger partial charge in [-0.2, -0.15) is 4.98 Å². The van der Waals surface area contributed by atoms with Gasteiger partial charge in [0.05, 0.1) is 17.6 Å². The van der Waals surface area contributed by atoms with E-state index >= 15 is 0 Å². The topological polar surface area (TPSA) is 60.9 Å². The zero-order chi connectivity index (χ0) is 15.7. The molecule has 0 unspecified atom stereocenters. The van der Waals surface area contributed by atoms with Crippen LogP contribution >= 0.6 is 0 Å². The maximum Gasteiger partial charge on any atom is 0.227 e. The first-order valence-electron chi connectivity index (χ1n) is 7.20. The SMILES string of the molecule is Cc1cnc(N(C)Cc2nc3ccccc3[nH]2)nc1N(C)C. The molecule has 0 bridgehead atoms. The molecule has 0 radical (unpaired) electrons. The Morgan fingerprint density at radius 1 is 1.09 bits per heavy atom. The summed E-state index contributed by atoms with van der Waals surface area (Å²) in [7, 11) is 5.94. The quantitative estimate of drug-likeness (QED) is 0.801. The normalized spacial score (nSPS) is 10.9. The molecule has 0 atom stereocenters. The van der Waals surface area contributed by atoms with Crippen LogP contribution in [0.2, 0.25) is 0 Å². The number of aromatic nitrogens is 4. The number of para-hydroxylation sites is 2. The lowest BCUT2D eigenvalue weighted by Gasteiger charge is -2.19. The molecule has 0 aliphatic heterocycles. The smallest absolute Gasteiger partial charge is 0.227 e. The molecule has 0 saturated heterocycles. The fraction of sp³-hybridized carbons (Fsp3) is 0.312. The van der Waals surface area contributed by atoms with E-state index in [0.29, 0.717) is 12.5 Å². The molecule has 6 nitrogen and oxygen atoms in total. The lowest BCUT2D eigenvalue weighted by Crippen LogP contribution is -2.22. The van der Waals surface area contributed by atoms with Crippen molar-refractivity contribution in [1.82, 2.24) is 19.9 Å². The second-order valence-corrected chi connectivity index (χ2v) is 5.63. The van der Waals surface area contributed by atoms with Crippen molar-refractivity contribution in [2.24, 2.45) is 0 Å². The van der Waals surface area contributed by atoms with E-state index < -0.39 is 0 Å². The van der Waals surface area contributed by atoms with Gasteiger partial charge in [0.2, 0.25) is 5.95 Å². The summed E-state index contributed by atoms with van der Waals surface area (Å²) in [6.07, 6.45) is 1.85. The fourth-order valence-electron chi connectivity index (χ4n) is 2.44. The summed E-state index contributed by atoms with van der Waals surface area (Å²) in [5.41, 5.74) is 3.08. The van der Waals surface area contributed by atoms with E-state index in [1.807, 2.05) is 68.3 Å². The number of aromatic amines is 1. The summed E-state index contributed by atoms with van der Waals surface area (Å²) >= 11 is 0. The Balaban J connectivity index is 1.84. The lowest BCUT2D eigenvalue weighted by molar-refractivity contribution is 0.820. The highest BCUT2D eigenvalue weighted by Crippen LogP contribution is 2.18. The molecular weight excluding hydrogens is 276 g/mol. The van der Waals surface area contributed by atoms with E-state index in [1.54, 1.807) is 0 Å². The van der Waals surface area contributed by atoms with Crippen LogP contribution in [0.4, 0.5) is 11.8 Å². The van der Waals surface area contributed by atoms with Crippen molar-refractivity contribution in [1.29, 1.82) is 0 Å². The van der Waals surface area contributed by atoms with Gasteiger partial charge in [0.15, 0.2) is 0 Å². The average molecular weight is 296 g/mol. The number of nitrogens with zero attached hydrogens (tertiary/aromatic N) is 5. The summed E-state index contributed by atoms with van der Waals surface area (Å²) in [6, 6.07) is 8.02. The maximum absolute atomic E-state index is 4.62. The molecule has 3 aromatic rings. The van der Waals surface area contributed by atoms with Crippen LogP contribution < -0.4 is 9.80 Å². The van der Waals surface area contributed by atoms with Gasteiger partial charge in [-0.05, 0) is 19.1 Å². The number of rotatable bonds is 4. The molecule has 114 valence electrons. The molecule has 6 heteroatoms. The predicted molar refractivity (Wildman–Crippen MR) is 89.3 cm³/mol. The van der Waals surface area contributed by atoms with Crippen molar-refractivity contribution in [3.63, 3.8) is 0 Å². The number of H-pyrrole nitrogens is 1. The number of imidazole rings is 1. The van der Waals surface area contributed by atoms with Crippen molar-refractivity contribution in [2.45, 2.75) is 13.5 Å². The van der Waals surface area contributed by atoms with Crippen molar-refractivity contribution >= 4 is 22.8 Å².